The zero-order valence-electron chi connectivity index (χ0n) is 15.1. The lowest BCUT2D eigenvalue weighted by Gasteiger charge is -2.36. The number of thiocarbonyl (C=S) groups is 1. The molecule has 3 rings (SSSR count). The van der Waals surface area contributed by atoms with Gasteiger partial charge in [0.1, 0.15) is 0 Å². The lowest BCUT2D eigenvalue weighted by Crippen LogP contribution is -2.43. The van der Waals surface area contributed by atoms with E-state index in [0.29, 0.717) is 6.04 Å². The van der Waals surface area contributed by atoms with E-state index in [1.165, 1.54) is 71.1 Å². The van der Waals surface area contributed by atoms with Crippen LogP contribution in [0.4, 0.5) is 0 Å². The molecule has 2 heterocycles. The quantitative estimate of drug-likeness (QED) is 0.748. The maximum absolute atomic E-state index is 5.56. The van der Waals surface area contributed by atoms with Crippen molar-refractivity contribution in [3.8, 4) is 0 Å². The smallest absolute Gasteiger partial charge is 0.169 e. The van der Waals surface area contributed by atoms with Crippen molar-refractivity contribution in [2.75, 3.05) is 32.7 Å². The molecule has 0 unspecified atom stereocenters. The molecule has 1 atom stereocenters. The van der Waals surface area contributed by atoms with Crippen LogP contribution in [0.2, 0.25) is 0 Å². The number of hydrogen-bond acceptors (Lipinski definition) is 2. The molecule has 0 spiro atoms. The molecule has 0 aromatic rings. The molecule has 3 nitrogen and oxygen atoms in total. The van der Waals surface area contributed by atoms with Gasteiger partial charge in [0.25, 0.3) is 0 Å². The minimum atomic E-state index is 0.624. The molecule has 2 aliphatic heterocycles. The van der Waals surface area contributed by atoms with Gasteiger partial charge in [-0.1, -0.05) is 26.7 Å². The molecular formula is C19H35N3S. The second-order valence-electron chi connectivity index (χ2n) is 8.52. The fourth-order valence-corrected chi connectivity index (χ4v) is 5.06. The number of nitrogens with one attached hydrogen (secondary N) is 1. The van der Waals surface area contributed by atoms with Crippen LogP contribution >= 0.6 is 12.2 Å². The molecule has 1 aliphatic carbocycles. The van der Waals surface area contributed by atoms with Crippen molar-refractivity contribution < 1.29 is 0 Å². The van der Waals surface area contributed by atoms with Crippen molar-refractivity contribution in [1.29, 1.82) is 0 Å². The van der Waals surface area contributed by atoms with E-state index in [9.17, 15) is 0 Å². The van der Waals surface area contributed by atoms with Crippen molar-refractivity contribution in [1.82, 2.24) is 15.1 Å². The highest BCUT2D eigenvalue weighted by Gasteiger charge is 2.31. The van der Waals surface area contributed by atoms with E-state index in [4.69, 9.17) is 12.2 Å². The van der Waals surface area contributed by atoms with Crippen molar-refractivity contribution in [3.63, 3.8) is 0 Å². The first-order valence-electron chi connectivity index (χ1n) is 9.88. The maximum atomic E-state index is 5.56. The summed E-state index contributed by atoms with van der Waals surface area (Å²) in [5.41, 5.74) is 0. The zero-order chi connectivity index (χ0) is 16.2. The van der Waals surface area contributed by atoms with Crippen LogP contribution in [0, 0.1) is 17.8 Å². The lowest BCUT2D eigenvalue weighted by atomic mass is 9.94. The van der Waals surface area contributed by atoms with Crippen LogP contribution in [0.5, 0.6) is 0 Å². The summed E-state index contributed by atoms with van der Waals surface area (Å²) in [7, 11) is 0. The monoisotopic (exact) mass is 337 g/mol. The van der Waals surface area contributed by atoms with Gasteiger partial charge in [-0.15, -0.1) is 0 Å². The van der Waals surface area contributed by atoms with Gasteiger partial charge in [-0.05, 0) is 75.2 Å². The number of nitrogens with zero attached hydrogens (tertiary/aromatic N) is 2. The molecule has 1 saturated carbocycles. The minimum absolute atomic E-state index is 0.624. The molecule has 1 N–H and O–H groups in total. The van der Waals surface area contributed by atoms with Gasteiger partial charge < -0.3 is 15.1 Å². The SMILES string of the molecule is CC(C)C[C@H]1CNC(=S)N1CC1CCN(CC2CCCC2)CC1. The minimum Gasteiger partial charge on any atom is -0.360 e. The van der Waals surface area contributed by atoms with Gasteiger partial charge in [-0.3, -0.25) is 0 Å². The zero-order valence-corrected chi connectivity index (χ0v) is 15.9. The molecule has 4 heteroatoms. The summed E-state index contributed by atoms with van der Waals surface area (Å²) in [5.74, 6) is 2.58. The summed E-state index contributed by atoms with van der Waals surface area (Å²) in [6.07, 6.45) is 9.87. The normalized spacial score (nSPS) is 28.0. The van der Waals surface area contributed by atoms with Crippen LogP contribution < -0.4 is 5.32 Å². The molecule has 0 radical (unpaired) electrons. The van der Waals surface area contributed by atoms with Gasteiger partial charge in [-0.2, -0.15) is 0 Å². The molecule has 0 amide bonds. The Balaban J connectivity index is 1.43. The number of likely N-dealkylation sites (tertiary alicyclic amines) is 1. The van der Waals surface area contributed by atoms with Crippen molar-refractivity contribution >= 4 is 17.3 Å². The summed E-state index contributed by atoms with van der Waals surface area (Å²) < 4.78 is 0. The molecule has 0 bridgehead atoms. The fraction of sp³-hybridized carbons (Fsp3) is 0.947. The largest absolute Gasteiger partial charge is 0.360 e. The highest BCUT2D eigenvalue weighted by molar-refractivity contribution is 7.80. The highest BCUT2D eigenvalue weighted by Crippen LogP contribution is 2.28. The third-order valence-electron chi connectivity index (χ3n) is 6.09. The van der Waals surface area contributed by atoms with Gasteiger partial charge in [0.2, 0.25) is 0 Å². The molecule has 0 aromatic carbocycles. The Hall–Kier alpha value is -0.350. The van der Waals surface area contributed by atoms with E-state index in [0.717, 1.165) is 29.4 Å². The summed E-state index contributed by atoms with van der Waals surface area (Å²) in [4.78, 5) is 5.24. The van der Waals surface area contributed by atoms with E-state index in [-0.39, 0.29) is 0 Å². The van der Waals surface area contributed by atoms with E-state index >= 15 is 0 Å². The van der Waals surface area contributed by atoms with Gasteiger partial charge in [0.15, 0.2) is 5.11 Å². The third-order valence-corrected chi connectivity index (χ3v) is 6.47. The third kappa shape index (κ3) is 4.82. The predicted molar refractivity (Wildman–Crippen MR) is 102 cm³/mol. The summed E-state index contributed by atoms with van der Waals surface area (Å²) in [6, 6.07) is 0.624. The first-order valence-corrected chi connectivity index (χ1v) is 10.3. The van der Waals surface area contributed by atoms with Gasteiger partial charge in [-0.25, -0.2) is 0 Å². The Labute approximate surface area is 148 Å². The average Bonchev–Trinajstić information content (AvgIpc) is 3.13. The number of rotatable bonds is 6. The topological polar surface area (TPSA) is 18.5 Å². The second kappa shape index (κ2) is 8.15. The van der Waals surface area contributed by atoms with Crippen molar-refractivity contribution in [3.05, 3.63) is 0 Å². The second-order valence-corrected chi connectivity index (χ2v) is 8.90. The molecular weight excluding hydrogens is 302 g/mol. The number of hydrogen-bond donors (Lipinski definition) is 1. The summed E-state index contributed by atoms with van der Waals surface area (Å²) in [5, 5.41) is 4.42. The van der Waals surface area contributed by atoms with Crippen LogP contribution in [0.25, 0.3) is 0 Å². The highest BCUT2D eigenvalue weighted by atomic mass is 32.1. The summed E-state index contributed by atoms with van der Waals surface area (Å²) in [6.45, 7) is 10.9. The Kier molecular flexibility index (Phi) is 6.19. The molecule has 2 saturated heterocycles. The van der Waals surface area contributed by atoms with Crippen LogP contribution in [-0.4, -0.2) is 53.7 Å². The molecule has 23 heavy (non-hydrogen) atoms. The van der Waals surface area contributed by atoms with Gasteiger partial charge in [0, 0.05) is 25.7 Å². The van der Waals surface area contributed by atoms with Gasteiger partial charge in [0.05, 0.1) is 0 Å². The molecule has 3 fully saturated rings. The molecule has 132 valence electrons. The van der Waals surface area contributed by atoms with E-state index < -0.39 is 0 Å². The predicted octanol–water partition coefficient (Wildman–Crippen LogP) is 3.49. The first kappa shape index (κ1) is 17.5. The fourth-order valence-electron chi connectivity index (χ4n) is 4.76. The van der Waals surface area contributed by atoms with Crippen LogP contribution in [0.3, 0.4) is 0 Å². The van der Waals surface area contributed by atoms with E-state index in [2.05, 4.69) is 29.0 Å². The van der Waals surface area contributed by atoms with Crippen molar-refractivity contribution in [2.45, 2.75) is 64.8 Å². The van der Waals surface area contributed by atoms with Crippen LogP contribution in [-0.2, 0) is 0 Å². The van der Waals surface area contributed by atoms with Crippen molar-refractivity contribution in [2.24, 2.45) is 17.8 Å². The Bertz CT molecular complexity index is 384. The standard InChI is InChI=1S/C19H35N3S/c1-15(2)11-18-12-20-19(23)22(18)14-17-7-9-21(10-8-17)13-16-5-3-4-6-16/h15-18H,3-14H2,1-2H3,(H,20,23)/t18-/m0/s1. The summed E-state index contributed by atoms with van der Waals surface area (Å²) >= 11 is 5.56. The first-order chi connectivity index (χ1) is 11.1. The van der Waals surface area contributed by atoms with E-state index in [1.54, 1.807) is 0 Å². The van der Waals surface area contributed by atoms with Crippen LogP contribution in [0.1, 0.15) is 58.8 Å². The lowest BCUT2D eigenvalue weighted by molar-refractivity contribution is 0.141. The Morgan fingerprint density at radius 3 is 2.35 bits per heavy atom. The number of piperidine rings is 1. The average molecular weight is 338 g/mol. The van der Waals surface area contributed by atoms with E-state index in [1.807, 2.05) is 0 Å². The maximum Gasteiger partial charge on any atom is 0.169 e. The van der Waals surface area contributed by atoms with Gasteiger partial charge >= 0.3 is 0 Å². The Morgan fingerprint density at radius 1 is 1.04 bits per heavy atom. The van der Waals surface area contributed by atoms with Crippen LogP contribution in [0.15, 0.2) is 0 Å². The molecule has 3 aliphatic rings. The Morgan fingerprint density at radius 2 is 1.70 bits per heavy atom. The molecule has 0 aromatic heterocycles.